The average Bonchev–Trinajstić information content (AvgIpc) is 2.42. The van der Waals surface area contributed by atoms with Gasteiger partial charge in [0, 0.05) is 19.5 Å². The van der Waals surface area contributed by atoms with Crippen molar-refractivity contribution in [3.63, 3.8) is 0 Å². The molecule has 0 bridgehead atoms. The minimum absolute atomic E-state index is 0.460. The van der Waals surface area contributed by atoms with Crippen molar-refractivity contribution in [2.24, 2.45) is 11.7 Å². The van der Waals surface area contributed by atoms with E-state index < -0.39 is 0 Å². The van der Waals surface area contributed by atoms with Gasteiger partial charge in [0.2, 0.25) is 17.7 Å². The van der Waals surface area contributed by atoms with Crippen LogP contribution in [-0.2, 0) is 0 Å². The van der Waals surface area contributed by atoms with Crippen LogP contribution in [0.3, 0.4) is 0 Å². The van der Waals surface area contributed by atoms with E-state index in [-0.39, 0.29) is 0 Å². The maximum Gasteiger partial charge on any atom is 0.231 e. The molecule has 1 aromatic heterocycles. The second-order valence-corrected chi connectivity index (χ2v) is 5.33. The van der Waals surface area contributed by atoms with Gasteiger partial charge < -0.3 is 20.1 Å². The van der Waals surface area contributed by atoms with Gasteiger partial charge in [-0.25, -0.2) is 0 Å². The van der Waals surface area contributed by atoms with E-state index >= 15 is 0 Å². The lowest BCUT2D eigenvalue weighted by Gasteiger charge is -2.24. The molecule has 0 atom stereocenters. The van der Waals surface area contributed by atoms with Gasteiger partial charge in [0.25, 0.3) is 0 Å². The topological polar surface area (TPSA) is 73.5 Å². The normalized spacial score (nSPS) is 10.4. The highest BCUT2D eigenvalue weighted by molar-refractivity contribution is 7.80. The summed E-state index contributed by atoms with van der Waals surface area (Å²) in [5, 5.41) is 0. The fourth-order valence-corrected chi connectivity index (χ4v) is 1.79. The number of ether oxygens (including phenoxy) is 2. The summed E-state index contributed by atoms with van der Waals surface area (Å²) in [7, 11) is 3.13. The van der Waals surface area contributed by atoms with Crippen molar-refractivity contribution in [2.75, 3.05) is 32.2 Å². The van der Waals surface area contributed by atoms with E-state index in [0.717, 1.165) is 6.54 Å². The molecular formula is C13H22N4O2S. The lowest BCUT2D eigenvalue weighted by molar-refractivity contribution is 0.371. The molecule has 0 aromatic carbocycles. The molecule has 6 nitrogen and oxygen atoms in total. The lowest BCUT2D eigenvalue weighted by atomic mass is 10.2. The number of aromatic nitrogens is 2. The minimum atomic E-state index is 0.460. The van der Waals surface area contributed by atoms with E-state index in [1.54, 1.807) is 20.3 Å². The highest BCUT2D eigenvalue weighted by Gasteiger charge is 2.15. The van der Waals surface area contributed by atoms with Crippen LogP contribution in [0.4, 0.5) is 5.95 Å². The Bertz CT molecular complexity index is 432. The van der Waals surface area contributed by atoms with Gasteiger partial charge in [-0.3, -0.25) is 0 Å². The molecule has 0 aliphatic carbocycles. The number of nitrogens with zero attached hydrogens (tertiary/aromatic N) is 3. The van der Waals surface area contributed by atoms with Crippen LogP contribution in [0.5, 0.6) is 11.8 Å². The number of anilines is 1. The van der Waals surface area contributed by atoms with E-state index in [0.29, 0.717) is 41.6 Å². The van der Waals surface area contributed by atoms with Crippen LogP contribution < -0.4 is 20.1 Å². The molecule has 1 aromatic rings. The van der Waals surface area contributed by atoms with Crippen LogP contribution in [0.2, 0.25) is 0 Å². The highest BCUT2D eigenvalue weighted by Crippen LogP contribution is 2.21. The molecule has 20 heavy (non-hydrogen) atoms. The fraction of sp³-hybridized carbons (Fsp3) is 0.615. The van der Waals surface area contributed by atoms with Gasteiger partial charge >= 0.3 is 0 Å². The maximum atomic E-state index is 5.58. The van der Waals surface area contributed by atoms with Crippen LogP contribution in [0.15, 0.2) is 6.07 Å². The van der Waals surface area contributed by atoms with Crippen molar-refractivity contribution in [3.05, 3.63) is 6.07 Å². The van der Waals surface area contributed by atoms with Gasteiger partial charge in [0.15, 0.2) is 0 Å². The predicted octanol–water partition coefficient (Wildman–Crippen LogP) is 1.63. The Labute approximate surface area is 125 Å². The van der Waals surface area contributed by atoms with Crippen LogP contribution in [0.1, 0.15) is 20.3 Å². The molecule has 112 valence electrons. The smallest absolute Gasteiger partial charge is 0.231 e. The number of methoxy groups -OCH3 is 2. The van der Waals surface area contributed by atoms with Crippen molar-refractivity contribution >= 4 is 23.2 Å². The number of rotatable bonds is 8. The lowest BCUT2D eigenvalue weighted by Crippen LogP contribution is -2.32. The number of hydrogen-bond acceptors (Lipinski definition) is 6. The highest BCUT2D eigenvalue weighted by atomic mass is 32.1. The first-order chi connectivity index (χ1) is 9.46. The van der Waals surface area contributed by atoms with Gasteiger partial charge in [-0.1, -0.05) is 26.1 Å². The van der Waals surface area contributed by atoms with Crippen molar-refractivity contribution in [2.45, 2.75) is 20.3 Å². The molecule has 0 aliphatic rings. The standard InChI is InChI=1S/C13H22N4O2S/c1-9(2)8-17(6-5-10(14)20)13-15-11(18-3)7-12(16-13)19-4/h7,9H,5-6,8H2,1-4H3,(H2,14,20). The van der Waals surface area contributed by atoms with Crippen LogP contribution in [0.25, 0.3) is 0 Å². The molecule has 0 fully saturated rings. The predicted molar refractivity (Wildman–Crippen MR) is 83.6 cm³/mol. The third-order valence-corrected chi connectivity index (χ3v) is 2.79. The first kappa shape index (κ1) is 16.4. The summed E-state index contributed by atoms with van der Waals surface area (Å²) in [4.78, 5) is 11.2. The second-order valence-electron chi connectivity index (χ2n) is 4.81. The van der Waals surface area contributed by atoms with Gasteiger partial charge in [-0.05, 0) is 5.92 Å². The molecule has 0 amide bonds. The van der Waals surface area contributed by atoms with Crippen LogP contribution >= 0.6 is 12.2 Å². The minimum Gasteiger partial charge on any atom is -0.481 e. The van der Waals surface area contributed by atoms with E-state index in [1.165, 1.54) is 0 Å². The van der Waals surface area contributed by atoms with Crippen molar-refractivity contribution in [1.82, 2.24) is 9.97 Å². The fourth-order valence-electron chi connectivity index (χ4n) is 1.70. The van der Waals surface area contributed by atoms with Crippen molar-refractivity contribution < 1.29 is 9.47 Å². The van der Waals surface area contributed by atoms with Gasteiger partial charge in [-0.15, -0.1) is 0 Å². The summed E-state index contributed by atoms with van der Waals surface area (Å²) in [6.45, 7) is 5.74. The Kier molecular flexibility index (Phi) is 6.44. The quantitative estimate of drug-likeness (QED) is 0.731. The van der Waals surface area contributed by atoms with Gasteiger partial charge in [-0.2, -0.15) is 9.97 Å². The molecule has 0 saturated carbocycles. The second kappa shape index (κ2) is 7.84. The van der Waals surface area contributed by atoms with E-state index in [2.05, 4.69) is 23.8 Å². The monoisotopic (exact) mass is 298 g/mol. The molecule has 7 heteroatoms. The number of hydrogen-bond donors (Lipinski definition) is 1. The van der Waals surface area contributed by atoms with E-state index in [4.69, 9.17) is 27.4 Å². The summed E-state index contributed by atoms with van der Waals surface area (Å²) >= 11 is 4.94. The van der Waals surface area contributed by atoms with E-state index in [1.807, 2.05) is 4.90 Å². The zero-order chi connectivity index (χ0) is 15.1. The third kappa shape index (κ3) is 5.16. The zero-order valence-electron chi connectivity index (χ0n) is 12.4. The molecule has 0 spiro atoms. The number of nitrogens with two attached hydrogens (primary N) is 1. The van der Waals surface area contributed by atoms with Crippen LogP contribution in [0, 0.1) is 5.92 Å². The molecule has 0 aliphatic heterocycles. The van der Waals surface area contributed by atoms with Crippen molar-refractivity contribution in [1.29, 1.82) is 0 Å². The molecule has 1 heterocycles. The summed E-state index contributed by atoms with van der Waals surface area (Å²) in [5.74, 6) is 1.96. The van der Waals surface area contributed by atoms with Gasteiger partial charge in [0.05, 0.1) is 25.3 Å². The Hall–Kier alpha value is -1.63. The Morgan fingerprint density at radius 3 is 2.25 bits per heavy atom. The summed E-state index contributed by atoms with van der Waals surface area (Å²) in [6, 6.07) is 1.64. The maximum absolute atomic E-state index is 5.58. The van der Waals surface area contributed by atoms with E-state index in [9.17, 15) is 0 Å². The van der Waals surface area contributed by atoms with Gasteiger partial charge in [0.1, 0.15) is 0 Å². The SMILES string of the molecule is COc1cc(OC)nc(N(CCC(N)=S)CC(C)C)n1. The molecule has 0 saturated heterocycles. The Morgan fingerprint density at radius 2 is 1.85 bits per heavy atom. The number of thiocarbonyl (C=S) groups is 1. The Morgan fingerprint density at radius 1 is 1.30 bits per heavy atom. The average molecular weight is 298 g/mol. The first-order valence-electron chi connectivity index (χ1n) is 6.46. The summed E-state index contributed by atoms with van der Waals surface area (Å²) in [5.41, 5.74) is 5.58. The molecular weight excluding hydrogens is 276 g/mol. The zero-order valence-corrected chi connectivity index (χ0v) is 13.2. The van der Waals surface area contributed by atoms with Crippen molar-refractivity contribution in [3.8, 4) is 11.8 Å². The molecule has 0 radical (unpaired) electrons. The summed E-state index contributed by atoms with van der Waals surface area (Å²) in [6.07, 6.45) is 0.616. The molecule has 0 unspecified atom stereocenters. The first-order valence-corrected chi connectivity index (χ1v) is 6.87. The largest absolute Gasteiger partial charge is 0.481 e. The van der Waals surface area contributed by atoms with Crippen LogP contribution in [-0.4, -0.2) is 42.3 Å². The Balaban J connectivity index is 3.01. The molecule has 1 rings (SSSR count). The third-order valence-electron chi connectivity index (χ3n) is 2.58. The molecule has 2 N–H and O–H groups in total. The summed E-state index contributed by atoms with van der Waals surface area (Å²) < 4.78 is 10.3.